The Balaban J connectivity index is 1.28. The minimum absolute atomic E-state index is 0.0812. The molecule has 1 amide bonds. The van der Waals surface area contributed by atoms with Gasteiger partial charge in [-0.05, 0) is 30.2 Å². The highest BCUT2D eigenvalue weighted by Gasteiger charge is 2.24. The van der Waals surface area contributed by atoms with E-state index < -0.39 is 0 Å². The number of benzene rings is 1. The summed E-state index contributed by atoms with van der Waals surface area (Å²) < 4.78 is 7.61. The molecular weight excluding hydrogens is 390 g/mol. The van der Waals surface area contributed by atoms with Crippen molar-refractivity contribution in [1.82, 2.24) is 20.2 Å². The number of carbonyl (C=O) groups excluding carboxylic acids is 1. The summed E-state index contributed by atoms with van der Waals surface area (Å²) in [6.07, 6.45) is 4.00. The number of aromatic nitrogens is 2. The van der Waals surface area contributed by atoms with Gasteiger partial charge >= 0.3 is 0 Å². The first-order valence-corrected chi connectivity index (χ1v) is 10.2. The lowest BCUT2D eigenvalue weighted by Crippen LogP contribution is -2.44. The van der Waals surface area contributed by atoms with Crippen LogP contribution in [0.15, 0.2) is 42.7 Å². The smallest absolute Gasteiger partial charge is 0.255 e. The van der Waals surface area contributed by atoms with Crippen molar-refractivity contribution in [2.24, 2.45) is 0 Å². The van der Waals surface area contributed by atoms with E-state index in [0.29, 0.717) is 17.2 Å². The van der Waals surface area contributed by atoms with Crippen LogP contribution in [0.3, 0.4) is 0 Å². The van der Waals surface area contributed by atoms with Gasteiger partial charge in [0.05, 0.1) is 28.3 Å². The van der Waals surface area contributed by atoms with Crippen molar-refractivity contribution in [2.45, 2.75) is 12.5 Å². The van der Waals surface area contributed by atoms with E-state index in [0.717, 1.165) is 49.4 Å². The molecule has 29 heavy (non-hydrogen) atoms. The predicted molar refractivity (Wildman–Crippen MR) is 112 cm³/mol. The number of piperazine rings is 1. The van der Waals surface area contributed by atoms with Gasteiger partial charge in [-0.2, -0.15) is 5.10 Å². The molecule has 0 saturated carbocycles. The molecule has 0 unspecified atom stereocenters. The van der Waals surface area contributed by atoms with E-state index in [1.54, 1.807) is 29.0 Å². The highest BCUT2D eigenvalue weighted by Crippen LogP contribution is 2.30. The molecule has 2 aliphatic rings. The second-order valence-electron chi connectivity index (χ2n) is 7.45. The molecule has 7 nitrogen and oxygen atoms in total. The zero-order valence-corrected chi connectivity index (χ0v) is 16.7. The third-order valence-electron chi connectivity index (χ3n) is 5.50. The van der Waals surface area contributed by atoms with Crippen LogP contribution >= 0.6 is 11.6 Å². The Morgan fingerprint density at radius 1 is 1.24 bits per heavy atom. The number of nitrogens with zero attached hydrogens (tertiary/aromatic N) is 3. The molecule has 2 aromatic heterocycles. The van der Waals surface area contributed by atoms with Gasteiger partial charge in [0.25, 0.3) is 5.91 Å². The molecule has 1 fully saturated rings. The molecule has 0 spiro atoms. The predicted octanol–water partition coefficient (Wildman–Crippen LogP) is 2.13. The van der Waals surface area contributed by atoms with Crippen LogP contribution in [0.5, 0.6) is 5.75 Å². The summed E-state index contributed by atoms with van der Waals surface area (Å²) in [7, 11) is 0. The Morgan fingerprint density at radius 2 is 2.10 bits per heavy atom. The topological polar surface area (TPSA) is 70.9 Å². The highest BCUT2D eigenvalue weighted by atomic mass is 35.5. The number of halogens is 1. The third kappa shape index (κ3) is 3.63. The maximum Gasteiger partial charge on any atom is 0.255 e. The van der Waals surface area contributed by atoms with Gasteiger partial charge in [-0.3, -0.25) is 4.79 Å². The van der Waals surface area contributed by atoms with Crippen molar-refractivity contribution in [3.63, 3.8) is 0 Å². The number of hydrogen-bond acceptors (Lipinski definition) is 5. The van der Waals surface area contributed by atoms with Gasteiger partial charge in [-0.1, -0.05) is 17.7 Å². The van der Waals surface area contributed by atoms with E-state index >= 15 is 0 Å². The Hall–Kier alpha value is -2.77. The fourth-order valence-electron chi connectivity index (χ4n) is 3.97. The van der Waals surface area contributed by atoms with Crippen molar-refractivity contribution >= 4 is 28.7 Å². The van der Waals surface area contributed by atoms with Gasteiger partial charge in [-0.15, -0.1) is 0 Å². The van der Waals surface area contributed by atoms with Crippen LogP contribution < -0.4 is 20.3 Å². The van der Waals surface area contributed by atoms with Gasteiger partial charge in [-0.25, -0.2) is 4.52 Å². The molecule has 0 bridgehead atoms. The molecule has 1 atom stereocenters. The number of amides is 1. The first kappa shape index (κ1) is 18.3. The first-order chi connectivity index (χ1) is 14.2. The van der Waals surface area contributed by atoms with Crippen LogP contribution in [0.2, 0.25) is 5.02 Å². The van der Waals surface area contributed by atoms with Crippen LogP contribution in [0.25, 0.3) is 5.52 Å². The van der Waals surface area contributed by atoms with Crippen molar-refractivity contribution < 1.29 is 9.53 Å². The number of pyridine rings is 1. The van der Waals surface area contributed by atoms with Crippen molar-refractivity contribution in [1.29, 1.82) is 0 Å². The minimum atomic E-state index is -0.156. The SMILES string of the molecule is O=C(N[C@H]1COc2cc(N3CCNCC3)ccc2C1)c1cnn2cc(Cl)ccc12. The number of hydrogen-bond donors (Lipinski definition) is 2. The molecule has 2 N–H and O–H groups in total. The van der Waals surface area contributed by atoms with Crippen LogP contribution in [0, 0.1) is 0 Å². The van der Waals surface area contributed by atoms with E-state index in [-0.39, 0.29) is 11.9 Å². The average Bonchev–Trinajstić information content (AvgIpc) is 3.17. The fourth-order valence-corrected chi connectivity index (χ4v) is 4.13. The van der Waals surface area contributed by atoms with E-state index in [2.05, 4.69) is 38.8 Å². The number of fused-ring (bicyclic) bond motifs is 2. The van der Waals surface area contributed by atoms with Crippen molar-refractivity contribution in [3.8, 4) is 5.75 Å². The zero-order valence-electron chi connectivity index (χ0n) is 15.9. The van der Waals surface area contributed by atoms with Gasteiger partial charge < -0.3 is 20.3 Å². The van der Waals surface area contributed by atoms with Gasteiger partial charge in [0.2, 0.25) is 0 Å². The molecule has 1 saturated heterocycles. The number of carbonyl (C=O) groups is 1. The van der Waals surface area contributed by atoms with Crippen LogP contribution in [0.1, 0.15) is 15.9 Å². The summed E-state index contributed by atoms with van der Waals surface area (Å²) in [5.41, 5.74) is 3.57. The molecule has 2 aliphatic heterocycles. The van der Waals surface area contributed by atoms with Crippen molar-refractivity contribution in [3.05, 3.63) is 58.9 Å². The molecule has 1 aromatic carbocycles. The zero-order chi connectivity index (χ0) is 19.8. The molecule has 0 aliphatic carbocycles. The monoisotopic (exact) mass is 411 g/mol. The van der Waals surface area contributed by atoms with E-state index in [4.69, 9.17) is 16.3 Å². The highest BCUT2D eigenvalue weighted by molar-refractivity contribution is 6.30. The summed E-state index contributed by atoms with van der Waals surface area (Å²) in [6, 6.07) is 9.85. The molecule has 3 aromatic rings. The van der Waals surface area contributed by atoms with E-state index in [1.807, 2.05) is 0 Å². The number of nitrogens with one attached hydrogen (secondary N) is 2. The maximum absolute atomic E-state index is 12.8. The molecule has 0 radical (unpaired) electrons. The van der Waals surface area contributed by atoms with Crippen LogP contribution in [-0.2, 0) is 6.42 Å². The Labute approximate surface area is 173 Å². The van der Waals surface area contributed by atoms with E-state index in [9.17, 15) is 4.79 Å². The summed E-state index contributed by atoms with van der Waals surface area (Å²) >= 11 is 5.99. The maximum atomic E-state index is 12.8. The lowest BCUT2D eigenvalue weighted by molar-refractivity contribution is 0.0917. The minimum Gasteiger partial charge on any atom is -0.491 e. The Kier molecular flexibility index (Phi) is 4.77. The quantitative estimate of drug-likeness (QED) is 0.691. The van der Waals surface area contributed by atoms with E-state index in [1.165, 1.54) is 5.69 Å². The molecule has 4 heterocycles. The van der Waals surface area contributed by atoms with Gasteiger partial charge in [0, 0.05) is 44.1 Å². The summed E-state index contributed by atoms with van der Waals surface area (Å²) in [5, 5.41) is 11.2. The van der Waals surface area contributed by atoms with Crippen LogP contribution in [0.4, 0.5) is 5.69 Å². The Bertz CT molecular complexity index is 1060. The Morgan fingerprint density at radius 3 is 2.97 bits per heavy atom. The molecule has 150 valence electrons. The van der Waals surface area contributed by atoms with Gasteiger partial charge in [0.15, 0.2) is 0 Å². The molecule has 8 heteroatoms. The fraction of sp³-hybridized carbons (Fsp3) is 0.333. The average molecular weight is 412 g/mol. The molecular formula is C21H22ClN5O2. The number of rotatable bonds is 3. The second kappa shape index (κ2) is 7.57. The second-order valence-corrected chi connectivity index (χ2v) is 7.89. The van der Waals surface area contributed by atoms with Crippen molar-refractivity contribution in [2.75, 3.05) is 37.7 Å². The summed E-state index contributed by atoms with van der Waals surface area (Å²) in [5.74, 6) is 0.758. The van der Waals surface area contributed by atoms with Crippen LogP contribution in [-0.4, -0.2) is 54.3 Å². The number of anilines is 1. The molecule has 5 rings (SSSR count). The number of ether oxygens (including phenoxy) is 1. The standard InChI is InChI=1S/C21H22ClN5O2/c22-15-2-4-19-18(11-24-27(19)12-15)21(28)25-16-9-14-1-3-17(10-20(14)29-13-16)26-7-5-23-6-8-26/h1-4,10-12,16,23H,5-9,13H2,(H,25,28)/t16-/m1/s1. The summed E-state index contributed by atoms with van der Waals surface area (Å²) in [6.45, 7) is 4.46. The first-order valence-electron chi connectivity index (χ1n) is 9.82. The summed E-state index contributed by atoms with van der Waals surface area (Å²) in [4.78, 5) is 15.1. The lowest BCUT2D eigenvalue weighted by Gasteiger charge is -2.31. The van der Waals surface area contributed by atoms with Gasteiger partial charge in [0.1, 0.15) is 12.4 Å². The largest absolute Gasteiger partial charge is 0.491 e. The lowest BCUT2D eigenvalue weighted by atomic mass is 10.0. The third-order valence-corrected chi connectivity index (χ3v) is 5.72. The normalized spacial score (nSPS) is 18.9.